The van der Waals surface area contributed by atoms with Gasteiger partial charge in [0.05, 0.1) is 24.9 Å². The van der Waals surface area contributed by atoms with E-state index < -0.39 is 0 Å². The summed E-state index contributed by atoms with van der Waals surface area (Å²) in [5.41, 5.74) is 7.40. The third kappa shape index (κ3) is 3.37. The maximum Gasteiger partial charge on any atom is 0.293 e. The van der Waals surface area contributed by atoms with Crippen LogP contribution in [0.4, 0.5) is 5.69 Å². The SMILES string of the molecule is CC(C)(C)OC=O.Nc1cccc2c1cnn2CC12CN1CCO2. The lowest BCUT2D eigenvalue weighted by Crippen LogP contribution is -2.23. The summed E-state index contributed by atoms with van der Waals surface area (Å²) in [6.07, 6.45) is 1.84. The lowest BCUT2D eigenvalue weighted by atomic mass is 10.2. The Bertz CT molecular complexity index is 737. The first-order valence-corrected chi connectivity index (χ1v) is 8.05. The van der Waals surface area contributed by atoms with E-state index >= 15 is 0 Å². The second-order valence-electron chi connectivity index (χ2n) is 7.12. The first kappa shape index (κ1) is 16.7. The van der Waals surface area contributed by atoms with Gasteiger partial charge in [0.25, 0.3) is 6.47 Å². The van der Waals surface area contributed by atoms with Crippen LogP contribution in [0, 0.1) is 0 Å². The molecule has 2 aliphatic heterocycles. The monoisotopic (exact) mass is 332 g/mol. The van der Waals surface area contributed by atoms with E-state index in [2.05, 4.69) is 20.8 Å². The van der Waals surface area contributed by atoms with Crippen LogP contribution in [0.1, 0.15) is 20.8 Å². The van der Waals surface area contributed by atoms with Crippen molar-refractivity contribution in [2.75, 3.05) is 25.4 Å². The number of benzene rings is 1. The standard InChI is InChI=1S/C12H14N4O.C5H10O2/c13-10-2-1-3-11-9(10)6-14-16(11)8-12-7-15(12)4-5-17-12;1-5(2,3)7-4-6/h1-3,6H,4-5,7-8,13H2;4H,1-3H3. The van der Waals surface area contributed by atoms with Gasteiger partial charge in [0.1, 0.15) is 5.60 Å². The molecule has 0 saturated carbocycles. The number of rotatable bonds is 3. The van der Waals surface area contributed by atoms with Crippen LogP contribution >= 0.6 is 0 Å². The number of carbonyl (C=O) groups is 1. The lowest BCUT2D eigenvalue weighted by Gasteiger charge is -2.14. The summed E-state index contributed by atoms with van der Waals surface area (Å²) in [5, 5.41) is 5.44. The number of anilines is 1. The van der Waals surface area contributed by atoms with Crippen LogP contribution in [0.5, 0.6) is 0 Å². The maximum absolute atomic E-state index is 9.60. The Kier molecular flexibility index (Phi) is 4.23. The highest BCUT2D eigenvalue weighted by Gasteiger charge is 2.57. The van der Waals surface area contributed by atoms with Gasteiger partial charge in [0, 0.05) is 24.2 Å². The fourth-order valence-corrected chi connectivity index (χ4v) is 2.85. The van der Waals surface area contributed by atoms with Gasteiger partial charge in [-0.15, -0.1) is 0 Å². The minimum Gasteiger partial charge on any atom is -0.462 e. The van der Waals surface area contributed by atoms with Crippen LogP contribution in [-0.2, 0) is 20.8 Å². The van der Waals surface area contributed by atoms with Crippen molar-refractivity contribution in [1.29, 1.82) is 0 Å². The fraction of sp³-hybridized carbons (Fsp3) is 0.529. The zero-order valence-electron chi connectivity index (χ0n) is 14.4. The van der Waals surface area contributed by atoms with Crippen molar-refractivity contribution >= 4 is 23.1 Å². The van der Waals surface area contributed by atoms with Gasteiger partial charge < -0.3 is 15.2 Å². The van der Waals surface area contributed by atoms with Crippen molar-refractivity contribution in [2.45, 2.75) is 38.6 Å². The highest BCUT2D eigenvalue weighted by molar-refractivity contribution is 5.90. The third-order valence-electron chi connectivity index (χ3n) is 4.16. The molecular weight excluding hydrogens is 308 g/mol. The van der Waals surface area contributed by atoms with Gasteiger partial charge in [0.15, 0.2) is 5.72 Å². The van der Waals surface area contributed by atoms with E-state index in [1.165, 1.54) is 0 Å². The van der Waals surface area contributed by atoms with Gasteiger partial charge in [-0.2, -0.15) is 5.10 Å². The summed E-state index contributed by atoms with van der Waals surface area (Å²) in [6, 6.07) is 5.92. The quantitative estimate of drug-likeness (QED) is 0.522. The molecule has 2 aliphatic rings. The van der Waals surface area contributed by atoms with E-state index in [-0.39, 0.29) is 11.3 Å². The van der Waals surface area contributed by atoms with E-state index in [1.807, 2.05) is 43.8 Å². The van der Waals surface area contributed by atoms with Crippen molar-refractivity contribution in [2.24, 2.45) is 0 Å². The molecule has 7 heteroatoms. The van der Waals surface area contributed by atoms with Crippen LogP contribution in [0.2, 0.25) is 0 Å². The topological polar surface area (TPSA) is 82.4 Å². The molecule has 2 N–H and O–H groups in total. The number of nitrogens with two attached hydrogens (primary N) is 1. The van der Waals surface area contributed by atoms with E-state index in [0.29, 0.717) is 6.47 Å². The lowest BCUT2D eigenvalue weighted by molar-refractivity contribution is -0.138. The van der Waals surface area contributed by atoms with E-state index in [0.717, 1.165) is 42.8 Å². The van der Waals surface area contributed by atoms with Crippen molar-refractivity contribution < 1.29 is 14.3 Å². The molecule has 2 fully saturated rings. The normalized spacial score (nSPS) is 24.9. The molecule has 2 unspecified atom stereocenters. The Labute approximate surface area is 141 Å². The molecule has 24 heavy (non-hydrogen) atoms. The average Bonchev–Trinajstić information content (AvgIpc) is 2.84. The zero-order chi connectivity index (χ0) is 17.4. The molecule has 0 aliphatic carbocycles. The Morgan fingerprint density at radius 3 is 2.79 bits per heavy atom. The van der Waals surface area contributed by atoms with E-state index in [4.69, 9.17) is 10.5 Å². The van der Waals surface area contributed by atoms with Crippen LogP contribution < -0.4 is 5.73 Å². The smallest absolute Gasteiger partial charge is 0.293 e. The van der Waals surface area contributed by atoms with Gasteiger partial charge in [-0.25, -0.2) is 0 Å². The summed E-state index contributed by atoms with van der Waals surface area (Å²) in [7, 11) is 0. The molecule has 3 heterocycles. The second-order valence-corrected chi connectivity index (χ2v) is 7.12. The molecular formula is C17H24N4O3. The molecule has 130 valence electrons. The number of morpholine rings is 1. The molecule has 2 atom stereocenters. The molecule has 0 radical (unpaired) electrons. The number of nitrogens with zero attached hydrogens (tertiary/aromatic N) is 3. The van der Waals surface area contributed by atoms with Gasteiger partial charge in [-0.3, -0.25) is 14.4 Å². The molecule has 7 nitrogen and oxygen atoms in total. The summed E-state index contributed by atoms with van der Waals surface area (Å²) < 4.78 is 12.3. The summed E-state index contributed by atoms with van der Waals surface area (Å²) in [4.78, 5) is 11.9. The minimum atomic E-state index is -0.318. The average molecular weight is 332 g/mol. The molecule has 4 rings (SSSR count). The van der Waals surface area contributed by atoms with Gasteiger partial charge in [-0.05, 0) is 32.9 Å². The van der Waals surface area contributed by atoms with Crippen LogP contribution in [-0.4, -0.2) is 52.2 Å². The van der Waals surface area contributed by atoms with Crippen molar-refractivity contribution in [3.63, 3.8) is 0 Å². The van der Waals surface area contributed by atoms with Crippen molar-refractivity contribution in [3.8, 4) is 0 Å². The number of hydrogen-bond donors (Lipinski definition) is 1. The number of ether oxygens (including phenoxy) is 2. The van der Waals surface area contributed by atoms with E-state index in [1.54, 1.807) is 0 Å². The predicted octanol–water partition coefficient (Wildman–Crippen LogP) is 1.62. The maximum atomic E-state index is 9.60. The highest BCUT2D eigenvalue weighted by Crippen LogP contribution is 2.39. The molecule has 1 aromatic carbocycles. The van der Waals surface area contributed by atoms with Crippen LogP contribution in [0.15, 0.2) is 24.4 Å². The minimum absolute atomic E-state index is 0.0798. The number of aromatic nitrogens is 2. The predicted molar refractivity (Wildman–Crippen MR) is 91.3 cm³/mol. The number of hydrogen-bond acceptors (Lipinski definition) is 6. The number of nitrogen functional groups attached to an aromatic ring is 1. The van der Waals surface area contributed by atoms with Crippen molar-refractivity contribution in [3.05, 3.63) is 24.4 Å². The largest absolute Gasteiger partial charge is 0.462 e. The summed E-state index contributed by atoms with van der Waals surface area (Å²) in [6.45, 7) is 9.61. The Morgan fingerprint density at radius 2 is 2.25 bits per heavy atom. The van der Waals surface area contributed by atoms with Gasteiger partial charge >= 0.3 is 0 Å². The summed E-state index contributed by atoms with van der Waals surface area (Å²) >= 11 is 0. The molecule has 2 saturated heterocycles. The zero-order valence-corrected chi connectivity index (χ0v) is 14.4. The first-order chi connectivity index (χ1) is 11.3. The van der Waals surface area contributed by atoms with Crippen molar-refractivity contribution in [1.82, 2.24) is 14.7 Å². The van der Waals surface area contributed by atoms with Gasteiger partial charge in [-0.1, -0.05) is 6.07 Å². The first-order valence-electron chi connectivity index (χ1n) is 8.05. The second kappa shape index (κ2) is 6.07. The molecule has 0 bridgehead atoms. The fourth-order valence-electron chi connectivity index (χ4n) is 2.85. The molecule has 0 amide bonds. The number of carbonyl (C=O) groups excluding carboxylic acids is 1. The number of fused-ring (bicyclic) bond motifs is 2. The Morgan fingerprint density at radius 1 is 1.46 bits per heavy atom. The third-order valence-corrected chi connectivity index (χ3v) is 4.16. The van der Waals surface area contributed by atoms with Gasteiger partial charge in [0.2, 0.25) is 0 Å². The molecule has 1 aromatic heterocycles. The summed E-state index contributed by atoms with van der Waals surface area (Å²) in [5.74, 6) is 0. The van der Waals surface area contributed by atoms with Crippen LogP contribution in [0.25, 0.3) is 10.9 Å². The Balaban J connectivity index is 0.000000209. The molecule has 2 aromatic rings. The Hall–Kier alpha value is -2.12. The highest BCUT2D eigenvalue weighted by atomic mass is 16.6. The molecule has 0 spiro atoms. The van der Waals surface area contributed by atoms with Crippen LogP contribution in [0.3, 0.4) is 0 Å². The van der Waals surface area contributed by atoms with E-state index in [9.17, 15) is 4.79 Å².